The fourth-order valence-electron chi connectivity index (χ4n) is 3.70. The van der Waals surface area contributed by atoms with Crippen LogP contribution in [0.15, 0.2) is 65.8 Å². The molecule has 0 aliphatic heterocycles. The largest absolute Gasteiger partial charge is 0.387 e. The van der Waals surface area contributed by atoms with E-state index >= 15 is 0 Å². The van der Waals surface area contributed by atoms with Crippen LogP contribution in [0.5, 0.6) is 0 Å². The molecule has 2 aromatic carbocycles. The molecule has 168 valence electrons. The number of anilines is 2. The number of nitrogens with zero attached hydrogens (tertiary/aromatic N) is 3. The van der Waals surface area contributed by atoms with Gasteiger partial charge in [-0.3, -0.25) is 20.4 Å². The van der Waals surface area contributed by atoms with Gasteiger partial charge in [0.2, 0.25) is 11.9 Å². The van der Waals surface area contributed by atoms with Gasteiger partial charge in [0.1, 0.15) is 0 Å². The molecule has 0 aliphatic rings. The minimum atomic E-state index is -0.275. The van der Waals surface area contributed by atoms with Gasteiger partial charge in [-0.1, -0.05) is 30.3 Å². The molecule has 0 saturated heterocycles. The number of rotatable bonds is 6. The maximum absolute atomic E-state index is 13.0. The summed E-state index contributed by atoms with van der Waals surface area (Å²) in [5.41, 5.74) is 5.17. The number of nitrogens with one attached hydrogen (secondary N) is 4. The van der Waals surface area contributed by atoms with Crippen molar-refractivity contribution in [1.82, 2.24) is 20.3 Å². The van der Waals surface area contributed by atoms with E-state index in [0.717, 1.165) is 22.6 Å². The molecule has 0 radical (unpaired) electrons. The standard InChI is InChI=1S/C25H27N7O/c1-16-14-17(2)30-25(29-16)32-24(31-23(33)20-9-5-6-10-21(20)26-3)27-13-12-18-15-28-22-11-7-4-8-19(18)22/h4-11,14-15,26,28H,12-13H2,1-3H3,(H2,27,29,30,31,32,33). The lowest BCUT2D eigenvalue weighted by molar-refractivity contribution is 0.0977. The zero-order chi connectivity index (χ0) is 23.2. The summed E-state index contributed by atoms with van der Waals surface area (Å²) < 4.78 is 0. The van der Waals surface area contributed by atoms with Gasteiger partial charge >= 0.3 is 0 Å². The molecule has 4 rings (SSSR count). The number of benzene rings is 2. The highest BCUT2D eigenvalue weighted by atomic mass is 16.1. The maximum atomic E-state index is 13.0. The zero-order valence-electron chi connectivity index (χ0n) is 18.9. The van der Waals surface area contributed by atoms with Gasteiger partial charge in [0, 0.05) is 47.8 Å². The Morgan fingerprint density at radius 1 is 1.03 bits per heavy atom. The molecule has 0 atom stereocenters. The highest BCUT2D eigenvalue weighted by molar-refractivity contribution is 6.11. The number of hydrogen-bond donors (Lipinski definition) is 4. The number of guanidine groups is 1. The van der Waals surface area contributed by atoms with Crippen LogP contribution in [0.1, 0.15) is 27.3 Å². The van der Waals surface area contributed by atoms with E-state index in [1.54, 1.807) is 13.1 Å². The second kappa shape index (κ2) is 9.95. The molecule has 8 nitrogen and oxygen atoms in total. The summed E-state index contributed by atoms with van der Waals surface area (Å²) in [5, 5.41) is 10.2. The summed E-state index contributed by atoms with van der Waals surface area (Å²) in [5.74, 6) is 0.416. The summed E-state index contributed by atoms with van der Waals surface area (Å²) in [4.78, 5) is 29.8. The lowest BCUT2D eigenvalue weighted by Gasteiger charge is -2.13. The van der Waals surface area contributed by atoms with Crippen molar-refractivity contribution in [3.63, 3.8) is 0 Å². The van der Waals surface area contributed by atoms with Crippen LogP contribution in [0.2, 0.25) is 0 Å². The molecule has 1 amide bonds. The van der Waals surface area contributed by atoms with E-state index in [4.69, 9.17) is 0 Å². The molecule has 2 aromatic heterocycles. The average molecular weight is 442 g/mol. The van der Waals surface area contributed by atoms with Crippen LogP contribution in [-0.4, -0.2) is 40.4 Å². The van der Waals surface area contributed by atoms with E-state index in [-0.39, 0.29) is 5.91 Å². The highest BCUT2D eigenvalue weighted by Gasteiger charge is 2.14. The first-order valence-corrected chi connectivity index (χ1v) is 10.8. The third kappa shape index (κ3) is 5.35. The molecule has 0 bridgehead atoms. The summed E-state index contributed by atoms with van der Waals surface area (Å²) in [7, 11) is 1.78. The number of carbonyl (C=O) groups is 1. The number of aliphatic imine (C=N–C) groups is 1. The summed E-state index contributed by atoms with van der Waals surface area (Å²) >= 11 is 0. The third-order valence-corrected chi connectivity index (χ3v) is 5.21. The number of fused-ring (bicyclic) bond motifs is 1. The van der Waals surface area contributed by atoms with E-state index < -0.39 is 0 Å². The molecular formula is C25H27N7O. The van der Waals surface area contributed by atoms with Gasteiger partial charge in [-0.05, 0) is 50.1 Å². The van der Waals surface area contributed by atoms with Crippen LogP contribution in [0.25, 0.3) is 10.9 Å². The Morgan fingerprint density at radius 2 is 1.76 bits per heavy atom. The van der Waals surface area contributed by atoms with E-state index in [1.807, 2.05) is 62.5 Å². The highest BCUT2D eigenvalue weighted by Crippen LogP contribution is 2.18. The fraction of sp³-hybridized carbons (Fsp3) is 0.200. The first-order valence-electron chi connectivity index (χ1n) is 10.8. The Kier molecular flexibility index (Phi) is 6.64. The zero-order valence-corrected chi connectivity index (χ0v) is 18.9. The number of aromatic amines is 1. The number of aryl methyl sites for hydroxylation is 2. The van der Waals surface area contributed by atoms with Crippen LogP contribution in [-0.2, 0) is 6.42 Å². The minimum Gasteiger partial charge on any atom is -0.387 e. The molecule has 0 fully saturated rings. The molecule has 0 spiro atoms. The number of aromatic nitrogens is 3. The van der Waals surface area contributed by atoms with E-state index in [2.05, 4.69) is 42.0 Å². The van der Waals surface area contributed by atoms with Crippen LogP contribution in [0.4, 0.5) is 11.6 Å². The Labute approximate surface area is 192 Å². The van der Waals surface area contributed by atoms with Crippen molar-refractivity contribution in [3.8, 4) is 0 Å². The first-order chi connectivity index (χ1) is 16.0. The number of H-pyrrole nitrogens is 1. The Hall–Kier alpha value is -4.20. The number of amides is 1. The molecule has 8 heteroatoms. The molecule has 0 unspecified atom stereocenters. The number of carbonyl (C=O) groups excluding carboxylic acids is 1. The number of hydrogen-bond acceptors (Lipinski definition) is 5. The van der Waals surface area contributed by atoms with Crippen LogP contribution in [0, 0.1) is 13.8 Å². The smallest absolute Gasteiger partial charge is 0.260 e. The SMILES string of the molecule is CNc1ccccc1C(=O)NC(=NCCc1c[nH]c2ccccc12)Nc1nc(C)cc(C)n1. The number of para-hydroxylation sites is 2. The minimum absolute atomic E-state index is 0.275. The van der Waals surface area contributed by atoms with Gasteiger partial charge in [-0.2, -0.15) is 0 Å². The summed E-state index contributed by atoms with van der Waals surface area (Å²) in [6.07, 6.45) is 2.72. The van der Waals surface area contributed by atoms with Crippen molar-refractivity contribution in [2.75, 3.05) is 24.2 Å². The summed E-state index contributed by atoms with van der Waals surface area (Å²) in [6, 6.07) is 17.4. The average Bonchev–Trinajstić information content (AvgIpc) is 3.21. The third-order valence-electron chi connectivity index (χ3n) is 5.21. The predicted molar refractivity (Wildman–Crippen MR) is 133 cm³/mol. The van der Waals surface area contributed by atoms with Crippen molar-refractivity contribution < 1.29 is 4.79 Å². The van der Waals surface area contributed by atoms with E-state index in [0.29, 0.717) is 30.4 Å². The first kappa shape index (κ1) is 22.0. The van der Waals surface area contributed by atoms with Gasteiger partial charge in [0.25, 0.3) is 5.91 Å². The molecule has 0 aliphatic carbocycles. The van der Waals surface area contributed by atoms with Crippen molar-refractivity contribution >= 4 is 34.4 Å². The summed E-state index contributed by atoms with van der Waals surface area (Å²) in [6.45, 7) is 4.27. The molecule has 4 aromatic rings. The Balaban J connectivity index is 1.56. The molecule has 4 N–H and O–H groups in total. The van der Waals surface area contributed by atoms with Gasteiger partial charge < -0.3 is 10.3 Å². The van der Waals surface area contributed by atoms with Gasteiger partial charge in [0.15, 0.2) is 0 Å². The van der Waals surface area contributed by atoms with E-state index in [1.165, 1.54) is 10.9 Å². The van der Waals surface area contributed by atoms with Crippen molar-refractivity contribution in [3.05, 3.63) is 83.3 Å². The van der Waals surface area contributed by atoms with Crippen molar-refractivity contribution in [2.24, 2.45) is 4.99 Å². The quantitative estimate of drug-likeness (QED) is 0.267. The van der Waals surface area contributed by atoms with Gasteiger partial charge in [0.05, 0.1) is 5.56 Å². The maximum Gasteiger partial charge on any atom is 0.260 e. The normalized spacial score (nSPS) is 11.4. The van der Waals surface area contributed by atoms with E-state index in [9.17, 15) is 4.79 Å². The predicted octanol–water partition coefficient (Wildman–Crippen LogP) is 4.06. The van der Waals surface area contributed by atoms with Crippen LogP contribution >= 0.6 is 0 Å². The molecular weight excluding hydrogens is 414 g/mol. The van der Waals surface area contributed by atoms with Gasteiger partial charge in [-0.25, -0.2) is 9.97 Å². The second-order valence-corrected chi connectivity index (χ2v) is 7.69. The van der Waals surface area contributed by atoms with Gasteiger partial charge in [-0.15, -0.1) is 0 Å². The lowest BCUT2D eigenvalue weighted by Crippen LogP contribution is -2.37. The Morgan fingerprint density at radius 3 is 2.55 bits per heavy atom. The molecule has 0 saturated carbocycles. The Bertz CT molecular complexity index is 1290. The van der Waals surface area contributed by atoms with Crippen LogP contribution in [0.3, 0.4) is 0 Å². The molecule has 33 heavy (non-hydrogen) atoms. The fourth-order valence-corrected chi connectivity index (χ4v) is 3.70. The topological polar surface area (TPSA) is 107 Å². The monoisotopic (exact) mass is 441 g/mol. The van der Waals surface area contributed by atoms with Crippen LogP contribution < -0.4 is 16.0 Å². The second-order valence-electron chi connectivity index (χ2n) is 7.69. The van der Waals surface area contributed by atoms with Crippen molar-refractivity contribution in [2.45, 2.75) is 20.3 Å². The molecule has 2 heterocycles. The lowest BCUT2D eigenvalue weighted by atomic mass is 10.1. The van der Waals surface area contributed by atoms with Crippen molar-refractivity contribution in [1.29, 1.82) is 0 Å².